The molecule has 1 N–H and O–H groups in total. The van der Waals surface area contributed by atoms with Gasteiger partial charge in [-0.1, -0.05) is 30.5 Å². The number of hydrogen-bond acceptors (Lipinski definition) is 4. The molecule has 0 aliphatic heterocycles. The van der Waals surface area contributed by atoms with Gasteiger partial charge in [-0.2, -0.15) is 0 Å². The van der Waals surface area contributed by atoms with E-state index in [1.807, 2.05) is 6.07 Å². The van der Waals surface area contributed by atoms with Crippen LogP contribution in [0.1, 0.15) is 37.7 Å². The molecule has 1 aliphatic carbocycles. The number of carbonyl (C=O) groups is 1. The quantitative estimate of drug-likeness (QED) is 0.507. The van der Waals surface area contributed by atoms with Crippen molar-refractivity contribution in [3.63, 3.8) is 0 Å². The Hall–Kier alpha value is -1.91. The maximum absolute atomic E-state index is 11.4. The number of carbonyl (C=O) groups excluding carboxylic acids is 1. The molecule has 0 aromatic carbocycles. The minimum absolute atomic E-state index is 0.236. The molecule has 1 amide bonds. The van der Waals surface area contributed by atoms with E-state index in [1.165, 1.54) is 25.5 Å². The van der Waals surface area contributed by atoms with Crippen molar-refractivity contribution in [2.75, 3.05) is 0 Å². The van der Waals surface area contributed by atoms with E-state index in [9.17, 15) is 4.79 Å². The van der Waals surface area contributed by atoms with Gasteiger partial charge in [0, 0.05) is 24.0 Å². The Bertz CT molecular complexity index is 400. The first kappa shape index (κ1) is 12.5. The van der Waals surface area contributed by atoms with Crippen LogP contribution in [0.4, 0.5) is 4.79 Å². The van der Waals surface area contributed by atoms with Crippen LogP contribution in [0.3, 0.4) is 0 Å². The zero-order valence-electron chi connectivity index (χ0n) is 10.2. The fourth-order valence-electron chi connectivity index (χ4n) is 2.03. The summed E-state index contributed by atoms with van der Waals surface area (Å²) in [7, 11) is 0. The van der Waals surface area contributed by atoms with Gasteiger partial charge in [-0.3, -0.25) is 9.82 Å². The summed E-state index contributed by atoms with van der Waals surface area (Å²) < 4.78 is 0. The van der Waals surface area contributed by atoms with E-state index >= 15 is 0 Å². The number of aromatic nitrogens is 1. The average Bonchev–Trinajstić information content (AvgIpc) is 2.41. The highest BCUT2D eigenvalue weighted by Crippen LogP contribution is 2.17. The van der Waals surface area contributed by atoms with E-state index in [2.05, 4.69) is 15.5 Å². The van der Waals surface area contributed by atoms with Crippen LogP contribution in [0.2, 0.25) is 0 Å². The fraction of sp³-hybridized carbons (Fsp3) is 0.462. The molecule has 1 heterocycles. The first-order valence-corrected chi connectivity index (χ1v) is 6.25. The second-order valence-corrected chi connectivity index (χ2v) is 4.38. The van der Waals surface area contributed by atoms with Gasteiger partial charge in [0.2, 0.25) is 0 Å². The van der Waals surface area contributed by atoms with Crippen LogP contribution in [0.25, 0.3) is 0 Å². The molecule has 1 aromatic rings. The molecule has 1 fully saturated rings. The Morgan fingerprint density at radius 1 is 1.44 bits per heavy atom. The van der Waals surface area contributed by atoms with Gasteiger partial charge >= 0.3 is 6.09 Å². The van der Waals surface area contributed by atoms with Gasteiger partial charge in [0.25, 0.3) is 0 Å². The summed E-state index contributed by atoms with van der Waals surface area (Å²) in [6.07, 6.45) is 9.96. The lowest BCUT2D eigenvalue weighted by Crippen LogP contribution is -2.35. The van der Waals surface area contributed by atoms with Crippen LogP contribution < -0.4 is 5.32 Å². The molecule has 0 bridgehead atoms. The van der Waals surface area contributed by atoms with Crippen LogP contribution in [0.5, 0.6) is 0 Å². The summed E-state index contributed by atoms with van der Waals surface area (Å²) in [6, 6.07) is 3.86. The third kappa shape index (κ3) is 4.16. The molecule has 1 aliphatic rings. The van der Waals surface area contributed by atoms with E-state index in [1.54, 1.807) is 18.5 Å². The molecule has 18 heavy (non-hydrogen) atoms. The molecule has 1 saturated carbocycles. The molecular weight excluding hydrogens is 230 g/mol. The Morgan fingerprint density at radius 2 is 2.28 bits per heavy atom. The normalized spacial score (nSPS) is 16.7. The second kappa shape index (κ2) is 6.74. The summed E-state index contributed by atoms with van der Waals surface area (Å²) in [5.41, 5.74) is 0.794. The lowest BCUT2D eigenvalue weighted by molar-refractivity contribution is 0.144. The lowest BCUT2D eigenvalue weighted by atomic mass is 9.96. The number of nitrogens with one attached hydrogen (secondary N) is 1. The van der Waals surface area contributed by atoms with Crippen molar-refractivity contribution in [1.29, 1.82) is 0 Å². The third-order valence-corrected chi connectivity index (χ3v) is 2.95. The highest BCUT2D eigenvalue weighted by molar-refractivity contribution is 5.79. The van der Waals surface area contributed by atoms with E-state index in [0.29, 0.717) is 0 Å². The van der Waals surface area contributed by atoms with Crippen molar-refractivity contribution in [1.82, 2.24) is 10.3 Å². The summed E-state index contributed by atoms with van der Waals surface area (Å²) in [6.45, 7) is 0. The van der Waals surface area contributed by atoms with Crippen molar-refractivity contribution in [2.45, 2.75) is 38.1 Å². The van der Waals surface area contributed by atoms with Crippen LogP contribution >= 0.6 is 0 Å². The van der Waals surface area contributed by atoms with Crippen molar-refractivity contribution >= 4 is 12.3 Å². The van der Waals surface area contributed by atoms with Crippen molar-refractivity contribution < 1.29 is 9.63 Å². The standard InChI is InChI=1S/C13H17N3O2/c17-13(16-12-6-2-1-3-7-12)18-15-10-11-5-4-8-14-9-11/h4-5,8-10,12H,1-3,6-7H2,(H,16,17). The van der Waals surface area contributed by atoms with Gasteiger partial charge in [0.15, 0.2) is 0 Å². The molecule has 96 valence electrons. The molecule has 1 aromatic heterocycles. The number of amides is 1. The van der Waals surface area contributed by atoms with E-state index in [-0.39, 0.29) is 6.04 Å². The molecule has 0 saturated heterocycles. The average molecular weight is 247 g/mol. The van der Waals surface area contributed by atoms with Crippen molar-refractivity contribution in [3.8, 4) is 0 Å². The smallest absolute Gasteiger partial charge is 0.317 e. The molecule has 0 atom stereocenters. The Kier molecular flexibility index (Phi) is 4.69. The minimum Gasteiger partial charge on any atom is -0.317 e. The van der Waals surface area contributed by atoms with Gasteiger partial charge in [0.1, 0.15) is 0 Å². The number of hydrogen-bond donors (Lipinski definition) is 1. The van der Waals surface area contributed by atoms with Crippen LogP contribution in [-0.4, -0.2) is 23.3 Å². The van der Waals surface area contributed by atoms with Gasteiger partial charge in [-0.15, -0.1) is 0 Å². The Morgan fingerprint density at radius 3 is 3.00 bits per heavy atom. The maximum atomic E-state index is 11.4. The molecule has 0 spiro atoms. The minimum atomic E-state index is -0.484. The lowest BCUT2D eigenvalue weighted by Gasteiger charge is -2.21. The predicted octanol–water partition coefficient (Wildman–Crippen LogP) is 2.47. The molecule has 2 rings (SSSR count). The first-order valence-electron chi connectivity index (χ1n) is 6.25. The van der Waals surface area contributed by atoms with E-state index < -0.39 is 6.09 Å². The van der Waals surface area contributed by atoms with Gasteiger partial charge in [0.05, 0.1) is 6.21 Å². The van der Waals surface area contributed by atoms with Gasteiger partial charge in [-0.25, -0.2) is 4.79 Å². The van der Waals surface area contributed by atoms with E-state index in [4.69, 9.17) is 4.84 Å². The third-order valence-electron chi connectivity index (χ3n) is 2.95. The summed E-state index contributed by atoms with van der Waals surface area (Å²) in [5, 5.41) is 6.44. The monoisotopic (exact) mass is 247 g/mol. The largest absolute Gasteiger partial charge is 0.433 e. The van der Waals surface area contributed by atoms with Crippen molar-refractivity contribution in [3.05, 3.63) is 30.1 Å². The summed E-state index contributed by atoms with van der Waals surface area (Å²) >= 11 is 0. The van der Waals surface area contributed by atoms with Crippen LogP contribution in [0.15, 0.2) is 29.7 Å². The number of rotatable bonds is 3. The van der Waals surface area contributed by atoms with Gasteiger partial charge in [-0.05, 0) is 18.9 Å². The fourth-order valence-corrected chi connectivity index (χ4v) is 2.03. The van der Waals surface area contributed by atoms with E-state index in [0.717, 1.165) is 18.4 Å². The first-order chi connectivity index (χ1) is 8.84. The molecule has 5 nitrogen and oxygen atoms in total. The maximum Gasteiger partial charge on any atom is 0.433 e. The second-order valence-electron chi connectivity index (χ2n) is 4.38. The highest BCUT2D eigenvalue weighted by Gasteiger charge is 2.16. The Balaban J connectivity index is 1.72. The van der Waals surface area contributed by atoms with Crippen LogP contribution in [-0.2, 0) is 4.84 Å². The number of nitrogens with zero attached hydrogens (tertiary/aromatic N) is 2. The van der Waals surface area contributed by atoms with Crippen LogP contribution in [0, 0.1) is 0 Å². The number of oxime groups is 1. The van der Waals surface area contributed by atoms with Gasteiger partial charge < -0.3 is 5.32 Å². The summed E-state index contributed by atoms with van der Waals surface area (Å²) in [5.74, 6) is 0. The van der Waals surface area contributed by atoms with Crippen molar-refractivity contribution in [2.24, 2.45) is 5.16 Å². The highest BCUT2D eigenvalue weighted by atomic mass is 16.7. The SMILES string of the molecule is O=C(NC1CCCCC1)ON=Cc1cccnc1. The molecule has 5 heteroatoms. The Labute approximate surface area is 106 Å². The number of pyridine rings is 1. The molecule has 0 radical (unpaired) electrons. The zero-order chi connectivity index (χ0) is 12.6. The zero-order valence-corrected chi connectivity index (χ0v) is 10.2. The topological polar surface area (TPSA) is 63.6 Å². The predicted molar refractivity (Wildman–Crippen MR) is 68.3 cm³/mol. The summed E-state index contributed by atoms with van der Waals surface area (Å²) in [4.78, 5) is 20.1. The molecular formula is C13H17N3O2. The molecule has 0 unspecified atom stereocenters.